The quantitative estimate of drug-likeness (QED) is 0.719. The first-order chi connectivity index (χ1) is 12.8. The van der Waals surface area contributed by atoms with Gasteiger partial charge in [0.15, 0.2) is 0 Å². The molecule has 1 aromatic carbocycles. The lowest BCUT2D eigenvalue weighted by Crippen LogP contribution is -2.49. The summed E-state index contributed by atoms with van der Waals surface area (Å²) in [6, 6.07) is 2.48. The smallest absolute Gasteiger partial charge is 0.338 e. The minimum Gasteiger partial charge on any atom is -0.462 e. The van der Waals surface area contributed by atoms with Crippen molar-refractivity contribution in [1.82, 2.24) is 19.2 Å². The van der Waals surface area contributed by atoms with Crippen molar-refractivity contribution in [3.63, 3.8) is 0 Å². The van der Waals surface area contributed by atoms with Gasteiger partial charge in [-0.1, -0.05) is 0 Å². The van der Waals surface area contributed by atoms with Crippen LogP contribution in [-0.4, -0.2) is 54.5 Å². The SMILES string of the molecule is CCOC(=O)c1cc(F)cc(S(=O)(=O)N2CCNCC2c2nccn2C)c1.Cl. The predicted octanol–water partition coefficient (Wildman–Crippen LogP) is 1.49. The minimum atomic E-state index is -4.06. The molecule has 0 aliphatic carbocycles. The number of esters is 1. The van der Waals surface area contributed by atoms with Gasteiger partial charge in [0.25, 0.3) is 0 Å². The maximum Gasteiger partial charge on any atom is 0.338 e. The van der Waals surface area contributed by atoms with Gasteiger partial charge < -0.3 is 14.6 Å². The van der Waals surface area contributed by atoms with Crippen molar-refractivity contribution in [1.29, 1.82) is 0 Å². The van der Waals surface area contributed by atoms with E-state index in [1.165, 1.54) is 4.31 Å². The number of hydrogen-bond donors (Lipinski definition) is 1. The number of halogens is 2. The Kier molecular flexibility index (Phi) is 7.16. The van der Waals surface area contributed by atoms with Crippen LogP contribution in [0, 0.1) is 5.82 Å². The number of sulfonamides is 1. The first kappa shape index (κ1) is 22.3. The molecule has 8 nitrogen and oxygen atoms in total. The van der Waals surface area contributed by atoms with E-state index in [9.17, 15) is 17.6 Å². The number of piperazine rings is 1. The second-order valence-electron chi connectivity index (χ2n) is 6.13. The minimum absolute atomic E-state index is 0. The van der Waals surface area contributed by atoms with E-state index in [4.69, 9.17) is 4.74 Å². The summed E-state index contributed by atoms with van der Waals surface area (Å²) in [7, 11) is -2.27. The molecule has 0 spiro atoms. The number of aromatic nitrogens is 2. The second-order valence-corrected chi connectivity index (χ2v) is 8.02. The van der Waals surface area contributed by atoms with Crippen molar-refractivity contribution in [3.05, 3.63) is 47.8 Å². The van der Waals surface area contributed by atoms with Gasteiger partial charge in [-0.25, -0.2) is 22.6 Å². The molecule has 2 heterocycles. The molecule has 11 heteroatoms. The molecular weight excluding hydrogens is 411 g/mol. The zero-order valence-electron chi connectivity index (χ0n) is 15.5. The Hall–Kier alpha value is -2.01. The Bertz CT molecular complexity index is 950. The summed E-state index contributed by atoms with van der Waals surface area (Å²) < 4.78 is 48.4. The number of hydrogen-bond acceptors (Lipinski definition) is 6. The summed E-state index contributed by atoms with van der Waals surface area (Å²) in [6.07, 6.45) is 3.32. The largest absolute Gasteiger partial charge is 0.462 e. The van der Waals surface area contributed by atoms with Crippen LogP contribution in [0.15, 0.2) is 35.5 Å². The van der Waals surface area contributed by atoms with E-state index in [1.807, 2.05) is 0 Å². The van der Waals surface area contributed by atoms with E-state index in [1.54, 1.807) is 30.9 Å². The predicted molar refractivity (Wildman–Crippen MR) is 102 cm³/mol. The topological polar surface area (TPSA) is 93.5 Å². The number of rotatable bonds is 5. The number of ether oxygens (including phenoxy) is 1. The van der Waals surface area contributed by atoms with Gasteiger partial charge in [0.05, 0.1) is 23.1 Å². The van der Waals surface area contributed by atoms with Crippen LogP contribution in [0.1, 0.15) is 29.1 Å². The molecule has 28 heavy (non-hydrogen) atoms. The third kappa shape index (κ3) is 4.35. The summed E-state index contributed by atoms with van der Waals surface area (Å²) in [5, 5.41) is 3.15. The molecule has 1 fully saturated rings. The molecule has 154 valence electrons. The molecule has 3 rings (SSSR count). The average molecular weight is 433 g/mol. The van der Waals surface area contributed by atoms with E-state index >= 15 is 0 Å². The number of aryl methyl sites for hydroxylation is 1. The van der Waals surface area contributed by atoms with Gasteiger partial charge in [-0.05, 0) is 25.1 Å². The Morgan fingerprint density at radius 1 is 1.39 bits per heavy atom. The second kappa shape index (κ2) is 8.99. The summed E-state index contributed by atoms with van der Waals surface area (Å²) in [5.41, 5.74) is -0.140. The normalized spacial score (nSPS) is 17.8. The molecular formula is C17H22ClFN4O4S. The Labute approximate surface area is 169 Å². The summed E-state index contributed by atoms with van der Waals surface area (Å²) in [6.45, 7) is 2.76. The molecule has 2 aromatic rings. The molecule has 0 radical (unpaired) electrons. The van der Waals surface area contributed by atoms with Crippen LogP contribution in [0.3, 0.4) is 0 Å². The molecule has 1 aliphatic heterocycles. The van der Waals surface area contributed by atoms with Gasteiger partial charge in [0.1, 0.15) is 11.6 Å². The molecule has 1 unspecified atom stereocenters. The van der Waals surface area contributed by atoms with Crippen LogP contribution >= 0.6 is 12.4 Å². The Morgan fingerprint density at radius 2 is 2.14 bits per heavy atom. The number of nitrogens with one attached hydrogen (secondary N) is 1. The van der Waals surface area contributed by atoms with Gasteiger partial charge in [0.2, 0.25) is 10.0 Å². The highest BCUT2D eigenvalue weighted by molar-refractivity contribution is 7.89. The standard InChI is InChI=1S/C17H21FN4O4S.ClH/c1-3-26-17(23)12-8-13(18)10-14(9-12)27(24,25)22-7-4-19-11-15(22)16-20-5-6-21(16)2;/h5-6,8-10,15,19H,3-4,7,11H2,1-2H3;1H. The molecule has 0 amide bonds. The fourth-order valence-corrected chi connectivity index (χ4v) is 4.71. The van der Waals surface area contributed by atoms with E-state index in [0.29, 0.717) is 18.9 Å². The Balaban J connectivity index is 0.00000280. The highest BCUT2D eigenvalue weighted by atomic mass is 35.5. The zero-order chi connectivity index (χ0) is 19.6. The highest BCUT2D eigenvalue weighted by Crippen LogP contribution is 2.29. The monoisotopic (exact) mass is 432 g/mol. The van der Waals surface area contributed by atoms with Crippen LogP contribution in [0.25, 0.3) is 0 Å². The third-order valence-corrected chi connectivity index (χ3v) is 6.23. The van der Waals surface area contributed by atoms with Crippen molar-refractivity contribution in [3.8, 4) is 0 Å². The lowest BCUT2D eigenvalue weighted by atomic mass is 10.2. The lowest BCUT2D eigenvalue weighted by molar-refractivity contribution is 0.0525. The van der Waals surface area contributed by atoms with Crippen LogP contribution < -0.4 is 5.32 Å². The molecule has 0 saturated carbocycles. The van der Waals surface area contributed by atoms with Gasteiger partial charge in [-0.2, -0.15) is 4.31 Å². The van der Waals surface area contributed by atoms with Gasteiger partial charge >= 0.3 is 5.97 Å². The van der Waals surface area contributed by atoms with Crippen LogP contribution in [0.4, 0.5) is 4.39 Å². The van der Waals surface area contributed by atoms with E-state index in [2.05, 4.69) is 10.3 Å². The number of carbonyl (C=O) groups is 1. The summed E-state index contributed by atoms with van der Waals surface area (Å²) in [4.78, 5) is 15.9. The molecule has 1 N–H and O–H groups in total. The van der Waals surface area contributed by atoms with Crippen LogP contribution in [-0.2, 0) is 21.8 Å². The molecule has 1 saturated heterocycles. The molecule has 0 bridgehead atoms. The number of imidazole rings is 1. The summed E-state index contributed by atoms with van der Waals surface area (Å²) in [5.74, 6) is -1.01. The number of carbonyl (C=O) groups excluding carboxylic acids is 1. The van der Waals surface area contributed by atoms with Crippen LogP contribution in [0.5, 0.6) is 0 Å². The first-order valence-electron chi connectivity index (χ1n) is 8.52. The van der Waals surface area contributed by atoms with Crippen LogP contribution in [0.2, 0.25) is 0 Å². The van der Waals surface area contributed by atoms with Gasteiger partial charge in [-0.15, -0.1) is 12.4 Å². The van der Waals surface area contributed by atoms with E-state index in [-0.39, 0.29) is 36.0 Å². The maximum atomic E-state index is 14.0. The van der Waals surface area contributed by atoms with Crippen molar-refractivity contribution >= 4 is 28.4 Å². The first-order valence-corrected chi connectivity index (χ1v) is 9.96. The average Bonchev–Trinajstić information content (AvgIpc) is 3.07. The van der Waals surface area contributed by atoms with Gasteiger partial charge in [-0.3, -0.25) is 0 Å². The van der Waals surface area contributed by atoms with Gasteiger partial charge in [0, 0.05) is 39.1 Å². The van der Waals surface area contributed by atoms with E-state index in [0.717, 1.165) is 18.2 Å². The van der Waals surface area contributed by atoms with Crippen molar-refractivity contribution in [2.45, 2.75) is 17.9 Å². The lowest BCUT2D eigenvalue weighted by Gasteiger charge is -2.34. The van der Waals surface area contributed by atoms with Crippen molar-refractivity contribution in [2.24, 2.45) is 7.05 Å². The molecule has 1 aliphatic rings. The maximum absolute atomic E-state index is 14.0. The number of benzene rings is 1. The Morgan fingerprint density at radius 3 is 2.79 bits per heavy atom. The van der Waals surface area contributed by atoms with Crippen molar-refractivity contribution in [2.75, 3.05) is 26.2 Å². The number of nitrogens with zero attached hydrogens (tertiary/aromatic N) is 3. The summed E-state index contributed by atoms with van der Waals surface area (Å²) >= 11 is 0. The molecule has 1 atom stereocenters. The van der Waals surface area contributed by atoms with E-state index < -0.39 is 27.9 Å². The fraction of sp³-hybridized carbons (Fsp3) is 0.412. The van der Waals surface area contributed by atoms with Crippen molar-refractivity contribution < 1.29 is 22.3 Å². The zero-order valence-corrected chi connectivity index (χ0v) is 17.1. The fourth-order valence-electron chi connectivity index (χ4n) is 3.07. The molecule has 1 aromatic heterocycles. The third-order valence-electron chi connectivity index (χ3n) is 4.34. The highest BCUT2D eigenvalue weighted by Gasteiger charge is 2.37.